The second kappa shape index (κ2) is 6.66. The van der Waals surface area contributed by atoms with E-state index in [1.807, 2.05) is 0 Å². The van der Waals surface area contributed by atoms with Crippen LogP contribution in [0.4, 0.5) is 5.69 Å². The summed E-state index contributed by atoms with van der Waals surface area (Å²) in [5.41, 5.74) is 1.10. The number of anilines is 1. The van der Waals surface area contributed by atoms with Crippen molar-refractivity contribution >= 4 is 29.1 Å². The molecule has 1 aromatic heterocycles. The molecular formula is C16H17ClN2O3. The fourth-order valence-corrected chi connectivity index (χ4v) is 2.20. The highest BCUT2D eigenvalue weighted by Gasteiger charge is 2.19. The quantitative estimate of drug-likeness (QED) is 0.940. The molecule has 0 aliphatic carbocycles. The predicted octanol–water partition coefficient (Wildman–Crippen LogP) is 3.26. The summed E-state index contributed by atoms with van der Waals surface area (Å²) in [6, 6.07) is 8.44. The van der Waals surface area contributed by atoms with E-state index in [-0.39, 0.29) is 18.4 Å². The van der Waals surface area contributed by atoms with E-state index in [0.29, 0.717) is 27.8 Å². The Bertz CT molecular complexity index is 692. The molecule has 116 valence electrons. The van der Waals surface area contributed by atoms with Crippen LogP contribution in [-0.4, -0.2) is 30.3 Å². The Morgan fingerprint density at radius 3 is 2.41 bits per heavy atom. The lowest BCUT2D eigenvalue weighted by Crippen LogP contribution is -2.35. The Hall–Kier alpha value is -2.27. The Kier molecular flexibility index (Phi) is 4.88. The molecule has 5 nitrogen and oxygen atoms in total. The highest BCUT2D eigenvalue weighted by Crippen LogP contribution is 2.16. The molecule has 0 spiro atoms. The lowest BCUT2D eigenvalue weighted by Gasteiger charge is -2.16. The molecule has 1 aromatic carbocycles. The molecule has 0 radical (unpaired) electrons. The lowest BCUT2D eigenvalue weighted by atomic mass is 10.2. The minimum Gasteiger partial charge on any atom is -0.466 e. The van der Waals surface area contributed by atoms with Gasteiger partial charge < -0.3 is 14.6 Å². The molecule has 1 heterocycles. The Balaban J connectivity index is 1.97. The molecule has 0 atom stereocenters. The van der Waals surface area contributed by atoms with Gasteiger partial charge in [-0.25, -0.2) is 0 Å². The fraction of sp³-hybridized carbons (Fsp3) is 0.250. The first-order valence-electron chi connectivity index (χ1n) is 6.74. The van der Waals surface area contributed by atoms with Crippen molar-refractivity contribution in [2.24, 2.45) is 0 Å². The number of hydrogen-bond acceptors (Lipinski definition) is 3. The van der Waals surface area contributed by atoms with Crippen molar-refractivity contribution in [2.45, 2.75) is 13.8 Å². The monoisotopic (exact) mass is 320 g/mol. The van der Waals surface area contributed by atoms with Crippen LogP contribution in [0.2, 0.25) is 5.02 Å². The minimum atomic E-state index is -0.281. The number of amides is 2. The standard InChI is InChI=1S/C16H17ClN2O3/c1-10-8-14(11(2)22-10)16(21)19(3)9-15(20)18-13-6-4-12(17)5-7-13/h4-8H,9H2,1-3H3,(H,18,20). The Morgan fingerprint density at radius 2 is 1.86 bits per heavy atom. The van der Waals surface area contributed by atoms with Crippen molar-refractivity contribution in [3.63, 3.8) is 0 Å². The summed E-state index contributed by atoms with van der Waals surface area (Å²) in [4.78, 5) is 25.6. The van der Waals surface area contributed by atoms with Gasteiger partial charge >= 0.3 is 0 Å². The van der Waals surface area contributed by atoms with Crippen molar-refractivity contribution in [3.8, 4) is 0 Å². The molecule has 1 N–H and O–H groups in total. The average Bonchev–Trinajstić information content (AvgIpc) is 2.79. The van der Waals surface area contributed by atoms with Crippen LogP contribution in [0.1, 0.15) is 21.9 Å². The van der Waals surface area contributed by atoms with Gasteiger partial charge in [-0.3, -0.25) is 9.59 Å². The molecule has 0 fully saturated rings. The normalized spacial score (nSPS) is 10.4. The van der Waals surface area contributed by atoms with Crippen molar-refractivity contribution in [1.82, 2.24) is 4.90 Å². The van der Waals surface area contributed by atoms with Crippen LogP contribution in [0, 0.1) is 13.8 Å². The zero-order valence-electron chi connectivity index (χ0n) is 12.6. The molecule has 6 heteroatoms. The van der Waals surface area contributed by atoms with Crippen LogP contribution in [-0.2, 0) is 4.79 Å². The molecule has 0 aliphatic rings. The number of halogens is 1. The summed E-state index contributed by atoms with van der Waals surface area (Å²) < 4.78 is 5.34. The van der Waals surface area contributed by atoms with E-state index in [2.05, 4.69) is 5.32 Å². The first-order chi connectivity index (χ1) is 10.4. The molecule has 2 rings (SSSR count). The van der Waals surface area contributed by atoms with Gasteiger partial charge in [-0.1, -0.05) is 11.6 Å². The van der Waals surface area contributed by atoms with Crippen molar-refractivity contribution in [1.29, 1.82) is 0 Å². The number of benzene rings is 1. The number of nitrogens with zero attached hydrogens (tertiary/aromatic N) is 1. The van der Waals surface area contributed by atoms with E-state index >= 15 is 0 Å². The molecule has 2 amide bonds. The zero-order valence-corrected chi connectivity index (χ0v) is 13.4. The topological polar surface area (TPSA) is 62.6 Å². The Labute approximate surface area is 133 Å². The van der Waals surface area contributed by atoms with Gasteiger partial charge in [0.15, 0.2) is 0 Å². The second-order valence-electron chi connectivity index (χ2n) is 5.04. The lowest BCUT2D eigenvalue weighted by molar-refractivity contribution is -0.116. The predicted molar refractivity (Wildman–Crippen MR) is 85.2 cm³/mol. The molecule has 2 aromatic rings. The highest BCUT2D eigenvalue weighted by molar-refractivity contribution is 6.30. The number of nitrogens with one attached hydrogen (secondary N) is 1. The summed E-state index contributed by atoms with van der Waals surface area (Å²) in [5.74, 6) is 0.684. The van der Waals surface area contributed by atoms with Gasteiger partial charge in [0.05, 0.1) is 12.1 Å². The van der Waals surface area contributed by atoms with Gasteiger partial charge in [0.1, 0.15) is 11.5 Å². The summed E-state index contributed by atoms with van der Waals surface area (Å²) in [6.45, 7) is 3.45. The number of carbonyl (C=O) groups excluding carboxylic acids is 2. The van der Waals surface area contributed by atoms with Gasteiger partial charge in [-0.2, -0.15) is 0 Å². The third kappa shape index (κ3) is 3.89. The maximum Gasteiger partial charge on any atom is 0.257 e. The second-order valence-corrected chi connectivity index (χ2v) is 5.48. The molecule has 0 bridgehead atoms. The van der Waals surface area contributed by atoms with Crippen LogP contribution >= 0.6 is 11.6 Å². The molecule has 0 saturated heterocycles. The first kappa shape index (κ1) is 16.1. The van der Waals surface area contributed by atoms with Crippen LogP contribution in [0.5, 0.6) is 0 Å². The highest BCUT2D eigenvalue weighted by atomic mass is 35.5. The van der Waals surface area contributed by atoms with Crippen LogP contribution in [0.25, 0.3) is 0 Å². The maximum absolute atomic E-state index is 12.3. The van der Waals surface area contributed by atoms with Crippen molar-refractivity contribution in [2.75, 3.05) is 18.9 Å². The molecule has 0 saturated carbocycles. The molecule has 0 aliphatic heterocycles. The van der Waals surface area contributed by atoms with Crippen molar-refractivity contribution in [3.05, 3.63) is 52.4 Å². The van der Waals surface area contributed by atoms with Gasteiger partial charge in [0.25, 0.3) is 5.91 Å². The number of aryl methyl sites for hydroxylation is 2. The van der Waals surface area contributed by atoms with E-state index in [9.17, 15) is 9.59 Å². The van der Waals surface area contributed by atoms with Crippen molar-refractivity contribution < 1.29 is 14.0 Å². The molecular weight excluding hydrogens is 304 g/mol. The van der Waals surface area contributed by atoms with E-state index in [1.54, 1.807) is 51.2 Å². The number of furan rings is 1. The van der Waals surface area contributed by atoms with Gasteiger partial charge in [0.2, 0.25) is 5.91 Å². The van der Waals surface area contributed by atoms with Gasteiger partial charge in [0, 0.05) is 17.8 Å². The summed E-state index contributed by atoms with van der Waals surface area (Å²) in [7, 11) is 1.57. The molecule has 0 unspecified atom stereocenters. The van der Waals surface area contributed by atoms with E-state index in [0.717, 1.165) is 0 Å². The zero-order chi connectivity index (χ0) is 16.3. The number of hydrogen-bond donors (Lipinski definition) is 1. The summed E-state index contributed by atoms with van der Waals surface area (Å²) in [6.07, 6.45) is 0. The number of likely N-dealkylation sites (N-methyl/N-ethyl adjacent to an activating group) is 1. The van der Waals surface area contributed by atoms with Crippen LogP contribution in [0.15, 0.2) is 34.7 Å². The van der Waals surface area contributed by atoms with E-state index < -0.39 is 0 Å². The van der Waals surface area contributed by atoms with Crippen LogP contribution in [0.3, 0.4) is 0 Å². The third-order valence-electron chi connectivity index (χ3n) is 3.13. The number of rotatable bonds is 4. The summed E-state index contributed by atoms with van der Waals surface area (Å²) >= 11 is 5.78. The van der Waals surface area contributed by atoms with E-state index in [1.165, 1.54) is 4.90 Å². The molecule has 22 heavy (non-hydrogen) atoms. The minimum absolute atomic E-state index is 0.0505. The maximum atomic E-state index is 12.3. The largest absolute Gasteiger partial charge is 0.466 e. The van der Waals surface area contributed by atoms with Gasteiger partial charge in [-0.05, 0) is 44.2 Å². The van der Waals surface area contributed by atoms with Crippen LogP contribution < -0.4 is 5.32 Å². The van der Waals surface area contributed by atoms with Gasteiger partial charge in [-0.15, -0.1) is 0 Å². The third-order valence-corrected chi connectivity index (χ3v) is 3.38. The summed E-state index contributed by atoms with van der Waals surface area (Å²) in [5, 5.41) is 3.30. The van der Waals surface area contributed by atoms with E-state index in [4.69, 9.17) is 16.0 Å². The Morgan fingerprint density at radius 1 is 1.23 bits per heavy atom. The number of carbonyl (C=O) groups is 2. The average molecular weight is 321 g/mol. The first-order valence-corrected chi connectivity index (χ1v) is 7.12. The smallest absolute Gasteiger partial charge is 0.257 e. The fourth-order valence-electron chi connectivity index (χ4n) is 2.07. The SMILES string of the molecule is Cc1cc(C(=O)N(C)CC(=O)Nc2ccc(Cl)cc2)c(C)o1.